The Morgan fingerprint density at radius 3 is 2.22 bits per heavy atom. The lowest BCUT2D eigenvalue weighted by Crippen LogP contribution is -2.43. The van der Waals surface area contributed by atoms with Gasteiger partial charge in [-0.05, 0) is 12.1 Å². The molecule has 0 unspecified atom stereocenters. The number of benzene rings is 1. The highest BCUT2D eigenvalue weighted by atomic mass is 32.2. The van der Waals surface area contributed by atoms with Crippen LogP contribution in [0.5, 0.6) is 0 Å². The van der Waals surface area contributed by atoms with Crippen molar-refractivity contribution in [3.8, 4) is 11.1 Å². The maximum absolute atomic E-state index is 12.1. The van der Waals surface area contributed by atoms with E-state index in [1.165, 1.54) is 36.6 Å². The van der Waals surface area contributed by atoms with Crippen LogP contribution in [-0.2, 0) is 21.5 Å². The Bertz CT molecular complexity index is 887. The summed E-state index contributed by atoms with van der Waals surface area (Å²) in [5, 5.41) is 0. The van der Waals surface area contributed by atoms with E-state index in [-0.39, 0.29) is 34.3 Å². The molecule has 1 N–H and O–H groups in total. The summed E-state index contributed by atoms with van der Waals surface area (Å²) in [7, 11) is -4.45. The summed E-state index contributed by atoms with van der Waals surface area (Å²) >= 11 is 0. The molecule has 0 amide bonds. The molecule has 0 saturated carbocycles. The van der Waals surface area contributed by atoms with Gasteiger partial charge in [-0.15, -0.1) is 0 Å². The third kappa shape index (κ3) is 3.69. The van der Waals surface area contributed by atoms with E-state index in [4.69, 9.17) is 0 Å². The Morgan fingerprint density at radius 1 is 1.04 bits per heavy atom. The maximum atomic E-state index is 12.1. The Hall–Kier alpha value is -2.38. The summed E-state index contributed by atoms with van der Waals surface area (Å²) in [4.78, 5) is 23.2. The van der Waals surface area contributed by atoms with Crippen LogP contribution >= 0.6 is 0 Å². The van der Waals surface area contributed by atoms with Gasteiger partial charge < -0.3 is 0 Å². The first-order valence-corrected chi connectivity index (χ1v) is 8.25. The molecule has 1 aromatic carbocycles. The SMILES string of the molecule is CC(=O)C[n+]1cccc(-c2ccccc2S(=O)(=O)O)c1C(C)=O. The van der Waals surface area contributed by atoms with Crippen molar-refractivity contribution in [2.45, 2.75) is 25.3 Å². The second-order valence-electron chi connectivity index (χ2n) is 5.13. The molecule has 0 bridgehead atoms. The van der Waals surface area contributed by atoms with Crippen LogP contribution in [0.25, 0.3) is 11.1 Å². The van der Waals surface area contributed by atoms with Gasteiger partial charge in [0.1, 0.15) is 4.90 Å². The summed E-state index contributed by atoms with van der Waals surface area (Å²) in [6.07, 6.45) is 1.58. The Kier molecular flexibility index (Phi) is 4.72. The predicted octanol–water partition coefficient (Wildman–Crippen LogP) is 1.68. The molecule has 1 heterocycles. The Labute approximate surface area is 134 Å². The van der Waals surface area contributed by atoms with Gasteiger partial charge in [0.15, 0.2) is 12.0 Å². The molecule has 2 aromatic rings. The summed E-state index contributed by atoms with van der Waals surface area (Å²) in [5.41, 5.74) is 0.756. The number of ketones is 2. The normalized spacial score (nSPS) is 11.3. The molecule has 0 aliphatic heterocycles. The molecule has 0 radical (unpaired) electrons. The zero-order chi connectivity index (χ0) is 17.2. The smallest absolute Gasteiger partial charge is 0.293 e. The number of carbonyl (C=O) groups is 2. The molecule has 0 fully saturated rings. The monoisotopic (exact) mass is 334 g/mol. The lowest BCUT2D eigenvalue weighted by atomic mass is 10.0. The molecule has 0 aliphatic carbocycles. The van der Waals surface area contributed by atoms with Crippen molar-refractivity contribution in [2.24, 2.45) is 0 Å². The zero-order valence-electron chi connectivity index (χ0n) is 12.7. The van der Waals surface area contributed by atoms with Crippen LogP contribution in [0.4, 0.5) is 0 Å². The van der Waals surface area contributed by atoms with Crippen LogP contribution in [0.1, 0.15) is 24.3 Å². The molecule has 0 saturated heterocycles. The fourth-order valence-electron chi connectivity index (χ4n) is 2.45. The van der Waals surface area contributed by atoms with Crippen LogP contribution in [0.15, 0.2) is 47.5 Å². The average molecular weight is 334 g/mol. The fraction of sp³-hybridized carbons (Fsp3) is 0.188. The topological polar surface area (TPSA) is 92.4 Å². The largest absolute Gasteiger partial charge is 0.295 e. The first-order chi connectivity index (χ1) is 10.7. The van der Waals surface area contributed by atoms with Crippen molar-refractivity contribution < 1.29 is 27.1 Å². The molecular weight excluding hydrogens is 318 g/mol. The van der Waals surface area contributed by atoms with E-state index in [1.807, 2.05) is 0 Å². The summed E-state index contributed by atoms with van der Waals surface area (Å²) in [6.45, 7) is 2.73. The molecular formula is C16H16NO5S+. The standard InChI is InChI=1S/C16H15NO5S/c1-11(18)10-17-9-5-7-14(16(17)12(2)19)13-6-3-4-8-15(13)23(20,21)22/h3-9H,10H2,1-2H3/p+1. The second-order valence-corrected chi connectivity index (χ2v) is 6.52. The van der Waals surface area contributed by atoms with Gasteiger partial charge >= 0.3 is 0 Å². The van der Waals surface area contributed by atoms with Crippen LogP contribution in [0.2, 0.25) is 0 Å². The van der Waals surface area contributed by atoms with Gasteiger partial charge in [0.05, 0.1) is 5.56 Å². The number of rotatable bonds is 5. The number of carbonyl (C=O) groups excluding carboxylic acids is 2. The minimum Gasteiger partial charge on any atom is -0.293 e. The molecule has 23 heavy (non-hydrogen) atoms. The van der Waals surface area contributed by atoms with Gasteiger partial charge in [0.25, 0.3) is 15.8 Å². The third-order valence-electron chi connectivity index (χ3n) is 3.25. The first kappa shape index (κ1) is 17.0. The van der Waals surface area contributed by atoms with E-state index >= 15 is 0 Å². The van der Waals surface area contributed by atoms with Gasteiger partial charge in [0, 0.05) is 25.5 Å². The van der Waals surface area contributed by atoms with Gasteiger partial charge in [-0.2, -0.15) is 13.0 Å². The fourth-order valence-corrected chi connectivity index (χ4v) is 3.15. The number of aromatic nitrogens is 1. The van der Waals surface area contributed by atoms with Gasteiger partial charge in [-0.1, -0.05) is 18.2 Å². The summed E-state index contributed by atoms with van der Waals surface area (Å²) in [5.74, 6) is -0.454. The molecule has 0 spiro atoms. The van der Waals surface area contributed by atoms with Crippen LogP contribution in [-0.4, -0.2) is 24.5 Å². The van der Waals surface area contributed by atoms with E-state index in [9.17, 15) is 22.6 Å². The summed E-state index contributed by atoms with van der Waals surface area (Å²) in [6, 6.07) is 9.05. The summed E-state index contributed by atoms with van der Waals surface area (Å²) < 4.78 is 34.0. The van der Waals surface area contributed by atoms with E-state index in [1.54, 1.807) is 24.4 Å². The molecule has 0 aliphatic rings. The Morgan fingerprint density at radius 2 is 1.65 bits per heavy atom. The lowest BCUT2D eigenvalue weighted by Gasteiger charge is -2.10. The highest BCUT2D eigenvalue weighted by Crippen LogP contribution is 2.28. The molecule has 6 nitrogen and oxygen atoms in total. The number of pyridine rings is 1. The van der Waals surface area contributed by atoms with Crippen molar-refractivity contribution in [3.63, 3.8) is 0 Å². The van der Waals surface area contributed by atoms with Crippen LogP contribution < -0.4 is 4.57 Å². The quantitative estimate of drug-likeness (QED) is 0.510. The highest BCUT2D eigenvalue weighted by Gasteiger charge is 2.26. The molecule has 1 aromatic heterocycles. The maximum Gasteiger partial charge on any atom is 0.295 e. The van der Waals surface area contributed by atoms with Crippen molar-refractivity contribution in [1.29, 1.82) is 0 Å². The lowest BCUT2D eigenvalue weighted by molar-refractivity contribution is -0.685. The number of hydrogen-bond acceptors (Lipinski definition) is 4. The van der Waals surface area contributed by atoms with Gasteiger partial charge in [-0.25, -0.2) is 0 Å². The third-order valence-corrected chi connectivity index (χ3v) is 4.16. The van der Waals surface area contributed by atoms with Crippen molar-refractivity contribution in [1.82, 2.24) is 0 Å². The minimum absolute atomic E-state index is 0.00318. The van der Waals surface area contributed by atoms with Crippen LogP contribution in [0.3, 0.4) is 0 Å². The molecule has 7 heteroatoms. The van der Waals surface area contributed by atoms with E-state index in [0.717, 1.165) is 0 Å². The second kappa shape index (κ2) is 6.39. The highest BCUT2D eigenvalue weighted by molar-refractivity contribution is 7.86. The molecule has 0 atom stereocenters. The minimum atomic E-state index is -4.45. The van der Waals surface area contributed by atoms with Crippen LogP contribution in [0, 0.1) is 0 Å². The number of Topliss-reactive ketones (excluding diaryl/α,β-unsaturated/α-hetero) is 2. The van der Waals surface area contributed by atoms with Crippen molar-refractivity contribution in [2.75, 3.05) is 0 Å². The first-order valence-electron chi connectivity index (χ1n) is 6.81. The van der Waals surface area contributed by atoms with E-state index in [2.05, 4.69) is 0 Å². The number of nitrogens with zero attached hydrogens (tertiary/aromatic N) is 1. The Balaban J connectivity index is 2.80. The average Bonchev–Trinajstić information content (AvgIpc) is 2.45. The van der Waals surface area contributed by atoms with E-state index < -0.39 is 10.1 Å². The van der Waals surface area contributed by atoms with Crippen molar-refractivity contribution in [3.05, 3.63) is 48.3 Å². The number of hydrogen-bond donors (Lipinski definition) is 1. The van der Waals surface area contributed by atoms with Gasteiger partial charge in [-0.3, -0.25) is 14.1 Å². The van der Waals surface area contributed by atoms with Gasteiger partial charge in [0.2, 0.25) is 12.3 Å². The zero-order valence-corrected chi connectivity index (χ0v) is 13.5. The molecule has 2 rings (SSSR count). The van der Waals surface area contributed by atoms with E-state index in [0.29, 0.717) is 5.56 Å². The predicted molar refractivity (Wildman–Crippen MR) is 82.6 cm³/mol. The van der Waals surface area contributed by atoms with Crippen molar-refractivity contribution >= 4 is 21.7 Å². The molecule has 120 valence electrons.